The molecule has 5 atom stereocenters. The third-order valence-electron chi connectivity index (χ3n) is 5.07. The van der Waals surface area contributed by atoms with Crippen LogP contribution in [-0.4, -0.2) is 63.5 Å². The zero-order valence-electron chi connectivity index (χ0n) is 18.7. The number of hydrogen-bond donors (Lipinski definition) is 0. The smallest absolute Gasteiger partial charge is 0.303 e. The Labute approximate surface area is 177 Å². The minimum Gasteiger partial charge on any atom is -0.463 e. The highest BCUT2D eigenvalue weighted by molar-refractivity contribution is 6.74. The predicted molar refractivity (Wildman–Crippen MR) is 108 cm³/mol. The minimum absolute atomic E-state index is 0.202. The van der Waals surface area contributed by atoms with Gasteiger partial charge in [-0.2, -0.15) is 0 Å². The lowest BCUT2D eigenvalue weighted by Crippen LogP contribution is -2.63. The lowest BCUT2D eigenvalue weighted by Gasteiger charge is -2.47. The van der Waals surface area contributed by atoms with Crippen LogP contribution in [0.5, 0.6) is 0 Å². The second-order valence-electron chi connectivity index (χ2n) is 8.57. The quantitative estimate of drug-likeness (QED) is 0.145. The molecule has 1 aliphatic rings. The van der Waals surface area contributed by atoms with E-state index in [9.17, 15) is 14.4 Å². The van der Waals surface area contributed by atoms with E-state index in [0.717, 1.165) is 0 Å². The molecule has 0 aromatic carbocycles. The molecular formula is C18H31N3O8Si. The van der Waals surface area contributed by atoms with Crippen LogP contribution in [0.2, 0.25) is 18.1 Å². The summed E-state index contributed by atoms with van der Waals surface area (Å²) in [6, 6.07) is -1.12. The molecule has 30 heavy (non-hydrogen) atoms. The molecule has 0 saturated carbocycles. The van der Waals surface area contributed by atoms with Gasteiger partial charge in [-0.3, -0.25) is 14.4 Å². The number of azide groups is 1. The Morgan fingerprint density at radius 2 is 1.57 bits per heavy atom. The molecule has 0 amide bonds. The third-order valence-corrected chi connectivity index (χ3v) is 9.51. The first-order valence-corrected chi connectivity index (χ1v) is 12.5. The highest BCUT2D eigenvalue weighted by atomic mass is 28.4. The van der Waals surface area contributed by atoms with Crippen molar-refractivity contribution < 1.29 is 37.8 Å². The van der Waals surface area contributed by atoms with Gasteiger partial charge in [0.25, 0.3) is 0 Å². The zero-order valence-corrected chi connectivity index (χ0v) is 19.7. The molecule has 1 aliphatic heterocycles. The fourth-order valence-corrected chi connectivity index (χ4v) is 3.76. The second-order valence-corrected chi connectivity index (χ2v) is 13.3. The van der Waals surface area contributed by atoms with Crippen LogP contribution in [0.4, 0.5) is 0 Å². The average Bonchev–Trinajstić information content (AvgIpc) is 2.56. The van der Waals surface area contributed by atoms with Gasteiger partial charge in [0.15, 0.2) is 26.8 Å². The summed E-state index contributed by atoms with van der Waals surface area (Å²) in [4.78, 5) is 37.6. The van der Waals surface area contributed by atoms with Crippen molar-refractivity contribution in [2.24, 2.45) is 5.11 Å². The molecule has 1 rings (SSSR count). The molecule has 5 unspecified atom stereocenters. The maximum atomic E-state index is 11.8. The van der Waals surface area contributed by atoms with Crippen LogP contribution in [-0.2, 0) is 37.8 Å². The Balaban J connectivity index is 3.41. The van der Waals surface area contributed by atoms with Gasteiger partial charge in [0, 0.05) is 25.7 Å². The molecule has 1 fully saturated rings. The third kappa shape index (κ3) is 6.98. The molecule has 1 saturated heterocycles. The molecule has 0 aromatic heterocycles. The van der Waals surface area contributed by atoms with Gasteiger partial charge in [-0.15, -0.1) is 0 Å². The summed E-state index contributed by atoms with van der Waals surface area (Å²) in [6.07, 6.45) is -4.45. The van der Waals surface area contributed by atoms with E-state index in [1.165, 1.54) is 20.8 Å². The molecule has 12 heteroatoms. The molecule has 11 nitrogen and oxygen atoms in total. The van der Waals surface area contributed by atoms with Crippen LogP contribution in [0, 0.1) is 0 Å². The summed E-state index contributed by atoms with van der Waals surface area (Å²) in [5.74, 6) is -1.91. The molecule has 0 aliphatic carbocycles. The first kappa shape index (κ1) is 25.9. The second kappa shape index (κ2) is 10.2. The Morgan fingerprint density at radius 1 is 1.03 bits per heavy atom. The Morgan fingerprint density at radius 3 is 2.00 bits per heavy atom. The van der Waals surface area contributed by atoms with E-state index in [1.54, 1.807) is 0 Å². The highest BCUT2D eigenvalue weighted by Crippen LogP contribution is 2.40. The van der Waals surface area contributed by atoms with E-state index in [4.69, 9.17) is 28.9 Å². The average molecular weight is 446 g/mol. The molecule has 1 heterocycles. The van der Waals surface area contributed by atoms with Crippen LogP contribution < -0.4 is 0 Å². The fraction of sp³-hybridized carbons (Fsp3) is 0.833. The lowest BCUT2D eigenvalue weighted by atomic mass is 9.97. The van der Waals surface area contributed by atoms with E-state index in [1.807, 2.05) is 33.9 Å². The molecule has 0 spiro atoms. The summed E-state index contributed by atoms with van der Waals surface area (Å²) >= 11 is 0. The number of hydrogen-bond acceptors (Lipinski definition) is 9. The summed E-state index contributed by atoms with van der Waals surface area (Å²) in [5.41, 5.74) is 9.10. The standard InChI is InChI=1S/C18H31N3O8Si/c1-10(22)25-9-13-15(26-11(2)23)16(27-12(3)24)14(20-21-19)17(28-13)29-30(7,8)18(4,5)6/h13-17H,9H2,1-8H3. The van der Waals surface area contributed by atoms with Crippen molar-refractivity contribution in [2.45, 2.75) is 90.3 Å². The summed E-state index contributed by atoms with van der Waals surface area (Å²) in [5, 5.41) is 3.53. The molecular weight excluding hydrogens is 414 g/mol. The van der Waals surface area contributed by atoms with Crippen LogP contribution in [0.3, 0.4) is 0 Å². The Kier molecular flexibility index (Phi) is 8.85. The summed E-state index contributed by atoms with van der Waals surface area (Å²) in [6.45, 7) is 13.3. The lowest BCUT2D eigenvalue weighted by molar-refractivity contribution is -0.255. The minimum atomic E-state index is -2.43. The molecule has 0 aromatic rings. The van der Waals surface area contributed by atoms with Crippen LogP contribution >= 0.6 is 0 Å². The number of nitrogens with zero attached hydrogens (tertiary/aromatic N) is 3. The number of carbonyl (C=O) groups is 3. The highest BCUT2D eigenvalue weighted by Gasteiger charge is 2.53. The van der Waals surface area contributed by atoms with Gasteiger partial charge >= 0.3 is 17.9 Å². The van der Waals surface area contributed by atoms with Gasteiger partial charge in [0.05, 0.1) is 0 Å². The van der Waals surface area contributed by atoms with E-state index in [0.29, 0.717) is 0 Å². The zero-order chi connectivity index (χ0) is 23.3. The molecule has 0 bridgehead atoms. The van der Waals surface area contributed by atoms with Crippen molar-refractivity contribution >= 4 is 26.2 Å². The van der Waals surface area contributed by atoms with Crippen LogP contribution in [0.1, 0.15) is 41.5 Å². The van der Waals surface area contributed by atoms with Crippen molar-refractivity contribution in [1.29, 1.82) is 0 Å². The van der Waals surface area contributed by atoms with E-state index < -0.39 is 56.9 Å². The first-order chi connectivity index (χ1) is 13.7. The normalized spacial score (nSPS) is 26.9. The Bertz CT molecular complexity index is 702. The predicted octanol–water partition coefficient (Wildman–Crippen LogP) is 2.84. The largest absolute Gasteiger partial charge is 0.463 e. The van der Waals surface area contributed by atoms with Gasteiger partial charge < -0.3 is 23.4 Å². The maximum absolute atomic E-state index is 11.8. The number of esters is 3. The van der Waals surface area contributed by atoms with Gasteiger partial charge in [-0.1, -0.05) is 25.9 Å². The van der Waals surface area contributed by atoms with Gasteiger partial charge in [0.2, 0.25) is 0 Å². The van der Waals surface area contributed by atoms with Crippen molar-refractivity contribution in [1.82, 2.24) is 0 Å². The SMILES string of the molecule is CC(=O)OCC1OC(O[Si](C)(C)C(C)(C)C)C(N=[N+]=[N-])C(OC(C)=O)C1OC(C)=O. The van der Waals surface area contributed by atoms with Gasteiger partial charge in [0.1, 0.15) is 18.8 Å². The van der Waals surface area contributed by atoms with E-state index >= 15 is 0 Å². The maximum Gasteiger partial charge on any atom is 0.303 e. The summed E-state index contributed by atoms with van der Waals surface area (Å²) in [7, 11) is -2.43. The Hall–Kier alpha value is -2.14. The van der Waals surface area contributed by atoms with E-state index in [2.05, 4.69) is 10.0 Å². The van der Waals surface area contributed by atoms with E-state index in [-0.39, 0.29) is 11.6 Å². The molecule has 170 valence electrons. The number of rotatable bonds is 7. The monoisotopic (exact) mass is 445 g/mol. The van der Waals surface area contributed by atoms with Crippen molar-refractivity contribution in [3.63, 3.8) is 0 Å². The van der Waals surface area contributed by atoms with Crippen molar-refractivity contribution in [3.05, 3.63) is 10.4 Å². The van der Waals surface area contributed by atoms with Crippen LogP contribution in [0.25, 0.3) is 10.4 Å². The first-order valence-electron chi connectivity index (χ1n) is 9.55. The van der Waals surface area contributed by atoms with Gasteiger partial charge in [-0.25, -0.2) is 0 Å². The van der Waals surface area contributed by atoms with Crippen molar-refractivity contribution in [3.8, 4) is 0 Å². The molecule has 0 N–H and O–H groups in total. The topological polar surface area (TPSA) is 146 Å². The number of carbonyl (C=O) groups excluding carboxylic acids is 3. The summed E-state index contributed by atoms with van der Waals surface area (Å²) < 4.78 is 28.0. The van der Waals surface area contributed by atoms with Crippen molar-refractivity contribution in [2.75, 3.05) is 6.61 Å². The molecule has 0 radical (unpaired) electrons. The number of ether oxygens (including phenoxy) is 4. The fourth-order valence-electron chi connectivity index (χ4n) is 2.63. The van der Waals surface area contributed by atoms with Gasteiger partial charge in [-0.05, 0) is 23.7 Å². The van der Waals surface area contributed by atoms with Crippen LogP contribution in [0.15, 0.2) is 5.11 Å².